The summed E-state index contributed by atoms with van der Waals surface area (Å²) < 4.78 is 0. The molecule has 2 N–H and O–H groups in total. The molecule has 2 unspecified atom stereocenters. The normalized spacial score (nSPS) is 21.0. The van der Waals surface area contributed by atoms with Gasteiger partial charge in [0.05, 0.1) is 10.5 Å². The van der Waals surface area contributed by atoms with E-state index in [1.165, 1.54) is 6.07 Å². The van der Waals surface area contributed by atoms with Crippen molar-refractivity contribution < 1.29 is 9.72 Å². The molecule has 0 saturated heterocycles. The van der Waals surface area contributed by atoms with Crippen molar-refractivity contribution in [3.63, 3.8) is 0 Å². The predicted molar refractivity (Wildman–Crippen MR) is 79.3 cm³/mol. The van der Waals surface area contributed by atoms with Crippen LogP contribution >= 0.6 is 0 Å². The number of amides is 1. The van der Waals surface area contributed by atoms with Crippen LogP contribution < -0.4 is 10.6 Å². The number of pyridine rings is 1. The van der Waals surface area contributed by atoms with Gasteiger partial charge in [0, 0.05) is 18.7 Å². The quantitative estimate of drug-likeness (QED) is 0.641. The number of hydrogen-bond acceptors (Lipinski definition) is 5. The number of rotatable bonds is 5. The minimum atomic E-state index is -0.544. The van der Waals surface area contributed by atoms with E-state index in [0.29, 0.717) is 18.3 Å². The summed E-state index contributed by atoms with van der Waals surface area (Å²) in [4.78, 5) is 26.7. The maximum absolute atomic E-state index is 12.4. The van der Waals surface area contributed by atoms with Crippen LogP contribution in [-0.2, 0) is 0 Å². The molecule has 0 radical (unpaired) electrons. The first-order chi connectivity index (χ1) is 10.0. The number of nitrogens with one attached hydrogen (secondary N) is 2. The van der Waals surface area contributed by atoms with Crippen molar-refractivity contribution in [1.29, 1.82) is 0 Å². The Kier molecular flexibility index (Phi) is 4.72. The van der Waals surface area contributed by atoms with Gasteiger partial charge in [-0.25, -0.2) is 4.98 Å². The SMILES string of the molecule is CCNc1ncc([N+](=O)[O-])cc1C(=O)NC1CCCC1C. The van der Waals surface area contributed by atoms with E-state index < -0.39 is 4.92 Å². The standard InChI is InChI=1S/C14H20N4O3/c1-3-15-13-11(7-10(8-16-13)18(20)21)14(19)17-12-6-4-5-9(12)2/h7-9,12H,3-6H2,1-2H3,(H,15,16)(H,17,19). The largest absolute Gasteiger partial charge is 0.370 e. The molecule has 7 nitrogen and oxygen atoms in total. The predicted octanol–water partition coefficient (Wildman–Crippen LogP) is 2.34. The van der Waals surface area contributed by atoms with Crippen LogP contribution in [0, 0.1) is 16.0 Å². The molecular formula is C14H20N4O3. The maximum Gasteiger partial charge on any atom is 0.288 e. The van der Waals surface area contributed by atoms with E-state index in [0.717, 1.165) is 25.5 Å². The van der Waals surface area contributed by atoms with Gasteiger partial charge in [0.2, 0.25) is 0 Å². The first-order valence-electron chi connectivity index (χ1n) is 7.22. The van der Waals surface area contributed by atoms with Gasteiger partial charge in [-0.2, -0.15) is 0 Å². The minimum Gasteiger partial charge on any atom is -0.370 e. The Balaban J connectivity index is 2.24. The molecule has 7 heteroatoms. The summed E-state index contributed by atoms with van der Waals surface area (Å²) in [5, 5.41) is 16.8. The van der Waals surface area contributed by atoms with Crippen molar-refractivity contribution in [2.24, 2.45) is 5.92 Å². The molecule has 0 aromatic carbocycles. The van der Waals surface area contributed by atoms with E-state index in [-0.39, 0.29) is 23.2 Å². The van der Waals surface area contributed by atoms with E-state index in [2.05, 4.69) is 22.5 Å². The zero-order chi connectivity index (χ0) is 15.4. The van der Waals surface area contributed by atoms with Gasteiger partial charge in [0.15, 0.2) is 0 Å². The summed E-state index contributed by atoms with van der Waals surface area (Å²) in [6.45, 7) is 4.57. The van der Waals surface area contributed by atoms with Gasteiger partial charge in [-0.15, -0.1) is 0 Å². The number of carbonyl (C=O) groups excluding carboxylic acids is 1. The van der Waals surface area contributed by atoms with Crippen LogP contribution in [0.15, 0.2) is 12.3 Å². The van der Waals surface area contributed by atoms with Crippen LogP contribution in [0.1, 0.15) is 43.5 Å². The fraction of sp³-hybridized carbons (Fsp3) is 0.571. The summed E-state index contributed by atoms with van der Waals surface area (Å²) in [5.41, 5.74) is 0.0476. The summed E-state index contributed by atoms with van der Waals surface area (Å²) in [7, 11) is 0. The molecule has 1 fully saturated rings. The third-order valence-electron chi connectivity index (χ3n) is 3.85. The van der Waals surface area contributed by atoms with E-state index in [1.54, 1.807) is 0 Å². The molecule has 1 aromatic rings. The van der Waals surface area contributed by atoms with E-state index in [1.807, 2.05) is 6.92 Å². The highest BCUT2D eigenvalue weighted by atomic mass is 16.6. The number of hydrogen-bond donors (Lipinski definition) is 2. The van der Waals surface area contributed by atoms with Gasteiger partial charge in [-0.05, 0) is 25.7 Å². The molecule has 1 aromatic heterocycles. The summed E-state index contributed by atoms with van der Waals surface area (Å²) >= 11 is 0. The molecular weight excluding hydrogens is 272 g/mol. The Hall–Kier alpha value is -2.18. The smallest absolute Gasteiger partial charge is 0.288 e. The van der Waals surface area contributed by atoms with Crippen molar-refractivity contribution >= 4 is 17.4 Å². The molecule has 0 aliphatic heterocycles. The molecule has 1 aliphatic carbocycles. The van der Waals surface area contributed by atoms with Crippen LogP contribution in [0.5, 0.6) is 0 Å². The maximum atomic E-state index is 12.4. The van der Waals surface area contributed by atoms with Gasteiger partial charge in [-0.3, -0.25) is 14.9 Å². The monoisotopic (exact) mass is 292 g/mol. The molecule has 0 bridgehead atoms. The van der Waals surface area contributed by atoms with Gasteiger partial charge in [0.1, 0.15) is 12.0 Å². The average Bonchev–Trinajstić information content (AvgIpc) is 2.84. The molecule has 1 heterocycles. The Morgan fingerprint density at radius 2 is 2.29 bits per heavy atom. The highest BCUT2D eigenvalue weighted by molar-refractivity contribution is 5.99. The number of nitro groups is 1. The summed E-state index contributed by atoms with van der Waals surface area (Å²) in [6, 6.07) is 1.41. The highest BCUT2D eigenvalue weighted by Gasteiger charge is 2.27. The van der Waals surface area contributed by atoms with Gasteiger partial charge in [0.25, 0.3) is 11.6 Å². The first-order valence-corrected chi connectivity index (χ1v) is 7.22. The van der Waals surface area contributed by atoms with Crippen LogP contribution in [0.25, 0.3) is 0 Å². The Morgan fingerprint density at radius 1 is 1.52 bits per heavy atom. The van der Waals surface area contributed by atoms with E-state index in [4.69, 9.17) is 0 Å². The minimum absolute atomic E-state index is 0.131. The second kappa shape index (κ2) is 6.51. The van der Waals surface area contributed by atoms with Crippen molar-refractivity contribution in [3.8, 4) is 0 Å². The van der Waals surface area contributed by atoms with Crippen molar-refractivity contribution in [2.45, 2.75) is 39.2 Å². The zero-order valence-electron chi connectivity index (χ0n) is 12.3. The molecule has 1 amide bonds. The summed E-state index contributed by atoms with van der Waals surface area (Å²) in [6.07, 6.45) is 4.30. The lowest BCUT2D eigenvalue weighted by atomic mass is 10.1. The number of aromatic nitrogens is 1. The number of nitrogens with zero attached hydrogens (tertiary/aromatic N) is 2. The molecule has 21 heavy (non-hydrogen) atoms. The zero-order valence-corrected chi connectivity index (χ0v) is 12.3. The lowest BCUT2D eigenvalue weighted by molar-refractivity contribution is -0.385. The van der Waals surface area contributed by atoms with E-state index in [9.17, 15) is 14.9 Å². The van der Waals surface area contributed by atoms with Gasteiger partial charge in [-0.1, -0.05) is 13.3 Å². The average molecular weight is 292 g/mol. The van der Waals surface area contributed by atoms with E-state index >= 15 is 0 Å². The summed E-state index contributed by atoms with van der Waals surface area (Å²) in [5.74, 6) is 0.510. The third kappa shape index (κ3) is 3.48. The fourth-order valence-electron chi connectivity index (χ4n) is 2.64. The molecule has 1 aliphatic rings. The second-order valence-electron chi connectivity index (χ2n) is 5.37. The Labute approximate surface area is 123 Å². The third-order valence-corrected chi connectivity index (χ3v) is 3.85. The Bertz CT molecular complexity index is 547. The van der Waals surface area contributed by atoms with Crippen molar-refractivity contribution in [2.75, 3.05) is 11.9 Å². The second-order valence-corrected chi connectivity index (χ2v) is 5.37. The van der Waals surface area contributed by atoms with Gasteiger partial charge >= 0.3 is 0 Å². The molecule has 114 valence electrons. The Morgan fingerprint density at radius 3 is 2.86 bits per heavy atom. The molecule has 1 saturated carbocycles. The molecule has 2 rings (SSSR count). The lowest BCUT2D eigenvalue weighted by Gasteiger charge is -2.18. The van der Waals surface area contributed by atoms with Crippen molar-refractivity contribution in [1.82, 2.24) is 10.3 Å². The molecule has 2 atom stereocenters. The number of anilines is 1. The van der Waals surface area contributed by atoms with Crippen LogP contribution in [-0.4, -0.2) is 28.4 Å². The fourth-order valence-corrected chi connectivity index (χ4v) is 2.64. The first kappa shape index (κ1) is 15.2. The number of carbonyl (C=O) groups is 1. The van der Waals surface area contributed by atoms with Gasteiger partial charge < -0.3 is 10.6 Å². The highest BCUT2D eigenvalue weighted by Crippen LogP contribution is 2.26. The molecule has 0 spiro atoms. The lowest BCUT2D eigenvalue weighted by Crippen LogP contribution is -2.36. The van der Waals surface area contributed by atoms with Crippen LogP contribution in [0.2, 0.25) is 0 Å². The topological polar surface area (TPSA) is 97.2 Å². The van der Waals surface area contributed by atoms with Crippen molar-refractivity contribution in [3.05, 3.63) is 27.9 Å². The van der Waals surface area contributed by atoms with Crippen LogP contribution in [0.4, 0.5) is 11.5 Å². The van der Waals surface area contributed by atoms with Crippen LogP contribution in [0.3, 0.4) is 0 Å².